The molecule has 37 heavy (non-hydrogen) atoms. The van der Waals surface area contributed by atoms with Crippen LogP contribution >= 0.6 is 11.6 Å². The largest absolute Gasteiger partial charge is 0.350 e. The molecular formula is C32H30ClN3O. The molecule has 2 aromatic heterocycles. The van der Waals surface area contributed by atoms with E-state index in [-0.39, 0.29) is 11.9 Å². The highest BCUT2D eigenvalue weighted by Gasteiger charge is 2.18. The standard InChI is InChI=1S/C32H30ClN3O/c1-21-9-10-22(2)28(19-21)26-13-17-30-35-32(25-11-14-27(33)15-12-25)29(36(30)20-26)16-18-31(37)34-23(3)24-7-5-4-6-8-24/h4-15,17,19-20,23H,16,18H2,1-3H3,(H,34,37)/t23-/m0/s1. The van der Waals surface area contributed by atoms with Crippen molar-refractivity contribution in [2.24, 2.45) is 0 Å². The fourth-order valence-electron chi connectivity index (χ4n) is 4.75. The molecule has 0 aliphatic heterocycles. The highest BCUT2D eigenvalue weighted by atomic mass is 35.5. The van der Waals surface area contributed by atoms with Gasteiger partial charge in [0.15, 0.2) is 0 Å². The third-order valence-electron chi connectivity index (χ3n) is 6.81. The molecule has 0 bridgehead atoms. The Morgan fingerprint density at radius 2 is 1.68 bits per heavy atom. The molecule has 0 unspecified atom stereocenters. The monoisotopic (exact) mass is 507 g/mol. The molecule has 0 aliphatic carbocycles. The van der Waals surface area contributed by atoms with Gasteiger partial charge in [-0.25, -0.2) is 4.98 Å². The van der Waals surface area contributed by atoms with Crippen LogP contribution in [0, 0.1) is 13.8 Å². The molecule has 0 fully saturated rings. The Morgan fingerprint density at radius 1 is 0.946 bits per heavy atom. The van der Waals surface area contributed by atoms with Crippen LogP contribution in [0.1, 0.15) is 41.8 Å². The first-order chi connectivity index (χ1) is 17.9. The van der Waals surface area contributed by atoms with Crippen LogP contribution in [-0.2, 0) is 11.2 Å². The van der Waals surface area contributed by atoms with Gasteiger partial charge in [0.1, 0.15) is 5.65 Å². The van der Waals surface area contributed by atoms with E-state index in [0.717, 1.165) is 33.7 Å². The van der Waals surface area contributed by atoms with Gasteiger partial charge in [0, 0.05) is 23.2 Å². The zero-order chi connectivity index (χ0) is 25.9. The fraction of sp³-hybridized carbons (Fsp3) is 0.188. The van der Waals surface area contributed by atoms with Gasteiger partial charge in [-0.15, -0.1) is 0 Å². The number of amides is 1. The first kappa shape index (κ1) is 24.8. The molecular weight excluding hydrogens is 478 g/mol. The van der Waals surface area contributed by atoms with Crippen LogP contribution in [0.25, 0.3) is 28.0 Å². The molecule has 0 radical (unpaired) electrons. The van der Waals surface area contributed by atoms with E-state index in [0.29, 0.717) is 17.9 Å². The summed E-state index contributed by atoms with van der Waals surface area (Å²) in [6.07, 6.45) is 3.06. The number of carbonyl (C=O) groups excluding carboxylic acids is 1. The number of nitrogens with one attached hydrogen (secondary N) is 1. The van der Waals surface area contributed by atoms with Crippen LogP contribution in [-0.4, -0.2) is 15.3 Å². The molecule has 3 aromatic carbocycles. The Balaban J connectivity index is 1.50. The van der Waals surface area contributed by atoms with Crippen molar-refractivity contribution in [3.05, 3.63) is 119 Å². The zero-order valence-corrected chi connectivity index (χ0v) is 22.1. The number of pyridine rings is 1. The number of carbonyl (C=O) groups is 1. The molecule has 186 valence electrons. The second-order valence-corrected chi connectivity index (χ2v) is 10.0. The number of imidazole rings is 1. The van der Waals surface area contributed by atoms with Crippen LogP contribution in [0.2, 0.25) is 5.02 Å². The predicted octanol–water partition coefficient (Wildman–Crippen LogP) is 7.75. The van der Waals surface area contributed by atoms with Crippen LogP contribution in [0.15, 0.2) is 91.1 Å². The molecule has 1 amide bonds. The number of halogens is 1. The lowest BCUT2D eigenvalue weighted by Crippen LogP contribution is -2.26. The third kappa shape index (κ3) is 5.45. The molecule has 0 saturated heterocycles. The van der Waals surface area contributed by atoms with Gasteiger partial charge >= 0.3 is 0 Å². The van der Waals surface area contributed by atoms with Crippen molar-refractivity contribution in [1.29, 1.82) is 0 Å². The number of benzene rings is 3. The first-order valence-electron chi connectivity index (χ1n) is 12.6. The normalized spacial score (nSPS) is 12.0. The minimum absolute atomic E-state index is 0.0130. The third-order valence-corrected chi connectivity index (χ3v) is 7.06. The highest BCUT2D eigenvalue weighted by molar-refractivity contribution is 6.30. The molecule has 2 heterocycles. The Bertz CT molecular complexity index is 1560. The number of hydrogen-bond donors (Lipinski definition) is 1. The smallest absolute Gasteiger partial charge is 0.220 e. The summed E-state index contributed by atoms with van der Waals surface area (Å²) in [6.45, 7) is 6.25. The van der Waals surface area contributed by atoms with E-state index in [2.05, 4.69) is 60.1 Å². The fourth-order valence-corrected chi connectivity index (χ4v) is 4.87. The van der Waals surface area contributed by atoms with E-state index < -0.39 is 0 Å². The Morgan fingerprint density at radius 3 is 2.43 bits per heavy atom. The van der Waals surface area contributed by atoms with E-state index in [1.807, 2.05) is 61.5 Å². The second-order valence-electron chi connectivity index (χ2n) is 9.58. The van der Waals surface area contributed by atoms with Crippen LogP contribution in [0.3, 0.4) is 0 Å². The molecule has 0 aliphatic rings. The molecule has 0 spiro atoms. The van der Waals surface area contributed by atoms with Gasteiger partial charge in [-0.3, -0.25) is 4.79 Å². The topological polar surface area (TPSA) is 46.4 Å². The minimum Gasteiger partial charge on any atom is -0.350 e. The van der Waals surface area contributed by atoms with Gasteiger partial charge in [-0.2, -0.15) is 0 Å². The molecule has 5 heteroatoms. The van der Waals surface area contributed by atoms with Crippen LogP contribution < -0.4 is 5.32 Å². The summed E-state index contributed by atoms with van der Waals surface area (Å²) in [5, 5.41) is 3.82. The summed E-state index contributed by atoms with van der Waals surface area (Å²) in [4.78, 5) is 17.9. The molecule has 1 atom stereocenters. The van der Waals surface area contributed by atoms with Gasteiger partial charge in [-0.1, -0.05) is 77.8 Å². The number of rotatable bonds is 7. The molecule has 0 saturated carbocycles. The number of fused-ring (bicyclic) bond motifs is 1. The summed E-state index contributed by atoms with van der Waals surface area (Å²) in [7, 11) is 0. The van der Waals surface area contributed by atoms with E-state index in [9.17, 15) is 4.79 Å². The number of aromatic nitrogens is 2. The maximum atomic E-state index is 13.0. The van der Waals surface area contributed by atoms with E-state index in [4.69, 9.17) is 16.6 Å². The maximum Gasteiger partial charge on any atom is 0.220 e. The second kappa shape index (κ2) is 10.6. The lowest BCUT2D eigenvalue weighted by Gasteiger charge is -2.14. The predicted molar refractivity (Wildman–Crippen MR) is 152 cm³/mol. The Kier molecular flexibility index (Phi) is 7.11. The van der Waals surface area contributed by atoms with E-state index >= 15 is 0 Å². The SMILES string of the molecule is Cc1ccc(C)c(-c2ccc3nc(-c4ccc(Cl)cc4)c(CCC(=O)N[C@@H](C)c4ccccc4)n3c2)c1. The van der Waals surface area contributed by atoms with Gasteiger partial charge < -0.3 is 9.72 Å². The van der Waals surface area contributed by atoms with E-state index in [1.165, 1.54) is 16.7 Å². The number of aryl methyl sites for hydroxylation is 3. The number of hydrogen-bond acceptors (Lipinski definition) is 2. The Hall–Kier alpha value is -3.89. The lowest BCUT2D eigenvalue weighted by molar-refractivity contribution is -0.121. The van der Waals surface area contributed by atoms with Crippen LogP contribution in [0.5, 0.6) is 0 Å². The van der Waals surface area contributed by atoms with Crippen molar-refractivity contribution in [3.8, 4) is 22.4 Å². The summed E-state index contributed by atoms with van der Waals surface area (Å²) in [5.74, 6) is 0.0130. The van der Waals surface area contributed by atoms with Crippen molar-refractivity contribution >= 4 is 23.2 Å². The number of nitrogens with zero attached hydrogens (tertiary/aromatic N) is 2. The molecule has 5 rings (SSSR count). The van der Waals surface area contributed by atoms with Crippen molar-refractivity contribution in [2.75, 3.05) is 0 Å². The Labute approximate surface area is 223 Å². The summed E-state index contributed by atoms with van der Waals surface area (Å²) < 4.78 is 2.13. The van der Waals surface area contributed by atoms with Gasteiger partial charge in [-0.05, 0) is 73.7 Å². The van der Waals surface area contributed by atoms with Crippen molar-refractivity contribution in [3.63, 3.8) is 0 Å². The minimum atomic E-state index is -0.0532. The molecule has 4 nitrogen and oxygen atoms in total. The van der Waals surface area contributed by atoms with Gasteiger partial charge in [0.25, 0.3) is 0 Å². The summed E-state index contributed by atoms with van der Waals surface area (Å²) in [5.41, 5.74) is 9.57. The lowest BCUT2D eigenvalue weighted by atomic mass is 10.00. The average Bonchev–Trinajstić information content (AvgIpc) is 3.27. The van der Waals surface area contributed by atoms with Crippen LogP contribution in [0.4, 0.5) is 0 Å². The van der Waals surface area contributed by atoms with Gasteiger partial charge in [0.2, 0.25) is 5.91 Å². The van der Waals surface area contributed by atoms with Crippen molar-refractivity contribution < 1.29 is 4.79 Å². The highest BCUT2D eigenvalue weighted by Crippen LogP contribution is 2.30. The maximum absolute atomic E-state index is 13.0. The van der Waals surface area contributed by atoms with Crippen molar-refractivity contribution in [1.82, 2.24) is 14.7 Å². The van der Waals surface area contributed by atoms with E-state index in [1.54, 1.807) is 0 Å². The van der Waals surface area contributed by atoms with Gasteiger partial charge in [0.05, 0.1) is 17.4 Å². The first-order valence-corrected chi connectivity index (χ1v) is 13.0. The molecule has 1 N–H and O–H groups in total. The van der Waals surface area contributed by atoms with Crippen molar-refractivity contribution in [2.45, 2.75) is 39.7 Å². The summed E-state index contributed by atoms with van der Waals surface area (Å²) in [6, 6.07) is 28.4. The quantitative estimate of drug-likeness (QED) is 0.245. The zero-order valence-electron chi connectivity index (χ0n) is 21.3. The molecule has 5 aromatic rings. The average molecular weight is 508 g/mol. The summed E-state index contributed by atoms with van der Waals surface area (Å²) >= 11 is 6.16.